The van der Waals surface area contributed by atoms with Crippen LogP contribution in [0.1, 0.15) is 54.4 Å². The monoisotopic (exact) mass is 343 g/mol. The number of nitrogens with zero attached hydrogens (tertiary/aromatic N) is 4. The first-order chi connectivity index (χ1) is 11.9. The molecule has 0 aliphatic carbocycles. The van der Waals surface area contributed by atoms with Gasteiger partial charge in [0.1, 0.15) is 23.0 Å². The minimum Gasteiger partial charge on any atom is -0.445 e. The van der Waals surface area contributed by atoms with Gasteiger partial charge >= 0.3 is 0 Å². The zero-order valence-electron chi connectivity index (χ0n) is 15.1. The van der Waals surface area contributed by atoms with Crippen molar-refractivity contribution in [3.8, 4) is 0 Å². The number of amides is 1. The van der Waals surface area contributed by atoms with Crippen LogP contribution in [-0.4, -0.2) is 45.0 Å². The smallest absolute Gasteiger partial charge is 0.274 e. The van der Waals surface area contributed by atoms with Gasteiger partial charge in [-0.15, -0.1) is 0 Å². The van der Waals surface area contributed by atoms with Crippen LogP contribution in [0.15, 0.2) is 10.6 Å². The molecular weight excluding hydrogens is 318 g/mol. The Labute approximate surface area is 147 Å². The standard InChI is InChI=1S/C18H25N5O2/c1-18(2,3)17-21-12-10-23(8-5-14(12)25-17)16(24)13-11-22-9-7-19-6-4-15(22)20-13/h11,19H,4-10H2,1-3H3. The van der Waals surface area contributed by atoms with Gasteiger partial charge in [0, 0.05) is 50.6 Å². The maximum atomic E-state index is 12.9. The molecule has 0 radical (unpaired) electrons. The molecule has 0 spiro atoms. The minimum absolute atomic E-state index is 0.0144. The molecule has 0 atom stereocenters. The summed E-state index contributed by atoms with van der Waals surface area (Å²) in [7, 11) is 0. The Morgan fingerprint density at radius 3 is 2.84 bits per heavy atom. The molecule has 0 fully saturated rings. The van der Waals surface area contributed by atoms with Crippen LogP contribution in [0.2, 0.25) is 0 Å². The molecule has 4 rings (SSSR count). The summed E-state index contributed by atoms with van der Waals surface area (Å²) < 4.78 is 8.00. The van der Waals surface area contributed by atoms with Crippen LogP contribution in [0.25, 0.3) is 0 Å². The fourth-order valence-corrected chi connectivity index (χ4v) is 3.33. The van der Waals surface area contributed by atoms with Crippen LogP contribution in [0.4, 0.5) is 0 Å². The largest absolute Gasteiger partial charge is 0.445 e. The second kappa shape index (κ2) is 5.98. The highest BCUT2D eigenvalue weighted by Gasteiger charge is 2.30. The van der Waals surface area contributed by atoms with Crippen molar-refractivity contribution in [3.05, 3.63) is 35.1 Å². The molecule has 4 heterocycles. The average Bonchev–Trinajstić information content (AvgIpc) is 3.12. The Morgan fingerprint density at radius 2 is 2.04 bits per heavy atom. The second-order valence-electron chi connectivity index (χ2n) is 7.85. The summed E-state index contributed by atoms with van der Waals surface area (Å²) in [5, 5.41) is 3.34. The lowest BCUT2D eigenvalue weighted by Gasteiger charge is -2.24. The molecule has 2 aromatic heterocycles. The number of carbonyl (C=O) groups excluding carboxylic acids is 1. The highest BCUT2D eigenvalue weighted by atomic mass is 16.4. The number of rotatable bonds is 1. The number of carbonyl (C=O) groups is 1. The summed E-state index contributed by atoms with van der Waals surface area (Å²) >= 11 is 0. The Balaban J connectivity index is 1.53. The van der Waals surface area contributed by atoms with E-state index >= 15 is 0 Å². The highest BCUT2D eigenvalue weighted by molar-refractivity contribution is 5.92. The lowest BCUT2D eigenvalue weighted by atomic mass is 9.97. The molecule has 1 amide bonds. The molecule has 0 bridgehead atoms. The summed E-state index contributed by atoms with van der Waals surface area (Å²) in [6, 6.07) is 0. The third-order valence-electron chi connectivity index (χ3n) is 4.79. The number of nitrogens with one attached hydrogen (secondary N) is 1. The predicted octanol–water partition coefficient (Wildman–Crippen LogP) is 1.51. The van der Waals surface area contributed by atoms with Crippen LogP contribution in [0, 0.1) is 0 Å². The van der Waals surface area contributed by atoms with Crippen molar-refractivity contribution in [2.75, 3.05) is 19.6 Å². The number of hydrogen-bond acceptors (Lipinski definition) is 5. The fourth-order valence-electron chi connectivity index (χ4n) is 3.33. The molecule has 2 aliphatic rings. The van der Waals surface area contributed by atoms with E-state index in [1.165, 1.54) is 0 Å². The van der Waals surface area contributed by atoms with Gasteiger partial charge in [0.25, 0.3) is 5.91 Å². The summed E-state index contributed by atoms with van der Waals surface area (Å²) in [5.74, 6) is 2.63. The fraction of sp³-hybridized carbons (Fsp3) is 0.611. The van der Waals surface area contributed by atoms with Crippen LogP contribution in [0.5, 0.6) is 0 Å². The molecule has 0 unspecified atom stereocenters. The van der Waals surface area contributed by atoms with Crippen molar-refractivity contribution in [1.82, 2.24) is 24.8 Å². The van der Waals surface area contributed by atoms with E-state index < -0.39 is 0 Å². The van der Waals surface area contributed by atoms with Crippen LogP contribution < -0.4 is 5.32 Å². The SMILES string of the molecule is CC(C)(C)c1nc2c(o1)CCN(C(=O)c1cn3c(n1)CCNCC3)C2. The van der Waals surface area contributed by atoms with E-state index in [2.05, 4.69) is 40.6 Å². The Kier molecular flexibility index (Phi) is 3.91. The topological polar surface area (TPSA) is 76.2 Å². The van der Waals surface area contributed by atoms with Gasteiger partial charge in [-0.1, -0.05) is 20.8 Å². The van der Waals surface area contributed by atoms with Crippen molar-refractivity contribution in [3.63, 3.8) is 0 Å². The normalized spacial score (nSPS) is 17.8. The average molecular weight is 343 g/mol. The van der Waals surface area contributed by atoms with E-state index in [4.69, 9.17) is 4.42 Å². The van der Waals surface area contributed by atoms with Crippen molar-refractivity contribution in [2.45, 2.75) is 52.1 Å². The van der Waals surface area contributed by atoms with E-state index in [1.54, 1.807) is 0 Å². The number of imidazole rings is 1. The number of oxazole rings is 1. The number of fused-ring (bicyclic) bond motifs is 2. The highest BCUT2D eigenvalue weighted by Crippen LogP contribution is 2.27. The number of aromatic nitrogens is 3. The van der Waals surface area contributed by atoms with Gasteiger partial charge in [0.05, 0.1) is 6.54 Å². The van der Waals surface area contributed by atoms with Gasteiger partial charge in [-0.2, -0.15) is 0 Å². The zero-order chi connectivity index (χ0) is 17.6. The van der Waals surface area contributed by atoms with Gasteiger partial charge < -0.3 is 19.2 Å². The van der Waals surface area contributed by atoms with Crippen molar-refractivity contribution >= 4 is 5.91 Å². The molecule has 0 saturated heterocycles. The van der Waals surface area contributed by atoms with E-state index in [1.807, 2.05) is 11.1 Å². The summed E-state index contributed by atoms with van der Waals surface area (Å²) in [5.41, 5.74) is 1.30. The van der Waals surface area contributed by atoms with Crippen LogP contribution >= 0.6 is 0 Å². The molecule has 7 nitrogen and oxygen atoms in total. The van der Waals surface area contributed by atoms with Gasteiger partial charge in [0.15, 0.2) is 5.89 Å². The van der Waals surface area contributed by atoms with Crippen molar-refractivity contribution < 1.29 is 9.21 Å². The first-order valence-corrected chi connectivity index (χ1v) is 8.97. The molecular formula is C18H25N5O2. The first-order valence-electron chi connectivity index (χ1n) is 8.97. The van der Waals surface area contributed by atoms with Crippen molar-refractivity contribution in [1.29, 1.82) is 0 Å². The zero-order valence-corrected chi connectivity index (χ0v) is 15.1. The Hall–Kier alpha value is -2.15. The van der Waals surface area contributed by atoms with Crippen molar-refractivity contribution in [2.24, 2.45) is 0 Å². The Bertz CT molecular complexity index is 775. The molecule has 0 aromatic carbocycles. The van der Waals surface area contributed by atoms with Crippen LogP contribution in [-0.2, 0) is 31.3 Å². The quantitative estimate of drug-likeness (QED) is 0.849. The molecule has 2 aromatic rings. The third kappa shape index (κ3) is 3.08. The summed E-state index contributed by atoms with van der Waals surface area (Å²) in [4.78, 5) is 23.9. The molecule has 1 N–H and O–H groups in total. The minimum atomic E-state index is -0.123. The van der Waals surface area contributed by atoms with E-state index in [0.717, 1.165) is 49.2 Å². The Morgan fingerprint density at radius 1 is 1.20 bits per heavy atom. The van der Waals surface area contributed by atoms with E-state index in [0.29, 0.717) is 25.2 Å². The third-order valence-corrected chi connectivity index (χ3v) is 4.79. The van der Waals surface area contributed by atoms with Gasteiger partial charge in [-0.05, 0) is 0 Å². The predicted molar refractivity (Wildman–Crippen MR) is 92.4 cm³/mol. The first kappa shape index (κ1) is 16.3. The molecule has 7 heteroatoms. The molecule has 25 heavy (non-hydrogen) atoms. The second-order valence-corrected chi connectivity index (χ2v) is 7.85. The summed E-state index contributed by atoms with van der Waals surface area (Å²) in [6.07, 6.45) is 3.46. The van der Waals surface area contributed by atoms with E-state index in [-0.39, 0.29) is 11.3 Å². The lowest BCUT2D eigenvalue weighted by molar-refractivity contribution is 0.0722. The van der Waals surface area contributed by atoms with Crippen LogP contribution in [0.3, 0.4) is 0 Å². The maximum absolute atomic E-state index is 12.9. The van der Waals surface area contributed by atoms with Gasteiger partial charge in [-0.3, -0.25) is 4.79 Å². The molecule has 0 saturated carbocycles. The maximum Gasteiger partial charge on any atom is 0.274 e. The summed E-state index contributed by atoms with van der Waals surface area (Å²) in [6.45, 7) is 10.1. The number of hydrogen-bond donors (Lipinski definition) is 1. The molecule has 2 aliphatic heterocycles. The lowest BCUT2D eigenvalue weighted by Crippen LogP contribution is -2.36. The van der Waals surface area contributed by atoms with Gasteiger partial charge in [-0.25, -0.2) is 9.97 Å². The van der Waals surface area contributed by atoms with Gasteiger partial charge in [0.2, 0.25) is 0 Å². The van der Waals surface area contributed by atoms with E-state index in [9.17, 15) is 4.79 Å². The molecule has 134 valence electrons.